The summed E-state index contributed by atoms with van der Waals surface area (Å²) in [5.41, 5.74) is 1.26. The summed E-state index contributed by atoms with van der Waals surface area (Å²) >= 11 is 1.91. The number of nitrogens with zero attached hydrogens (tertiary/aromatic N) is 2. The lowest BCUT2D eigenvalue weighted by Crippen LogP contribution is -2.48. The van der Waals surface area contributed by atoms with Gasteiger partial charge in [-0.3, -0.25) is 9.89 Å². The number of hydrogen-bond donors (Lipinski definition) is 2. The number of hydrogen-bond acceptors (Lipinski definition) is 3. The highest BCUT2D eigenvalue weighted by Gasteiger charge is 2.19. The molecule has 4 nitrogen and oxygen atoms in total. The van der Waals surface area contributed by atoms with Crippen LogP contribution in [0.2, 0.25) is 0 Å². The van der Waals surface area contributed by atoms with Gasteiger partial charge >= 0.3 is 0 Å². The van der Waals surface area contributed by atoms with Gasteiger partial charge < -0.3 is 10.6 Å². The molecule has 0 atom stereocenters. The summed E-state index contributed by atoms with van der Waals surface area (Å²) in [5.74, 6) is 2.23. The molecule has 1 heterocycles. The Morgan fingerprint density at radius 3 is 2.64 bits per heavy atom. The van der Waals surface area contributed by atoms with Crippen molar-refractivity contribution in [1.29, 1.82) is 0 Å². The molecule has 0 radical (unpaired) electrons. The zero-order chi connectivity index (χ0) is 16.2. The highest BCUT2D eigenvalue weighted by atomic mass is 32.2. The Morgan fingerprint density at radius 2 is 2.05 bits per heavy atom. The fraction of sp³-hybridized carbons (Fsp3) is 0.824. The topological polar surface area (TPSA) is 39.7 Å². The molecule has 0 aromatic rings. The lowest BCUT2D eigenvalue weighted by molar-refractivity contribution is 0.221. The normalized spacial score (nSPS) is 17.5. The zero-order valence-electron chi connectivity index (χ0n) is 14.7. The van der Waals surface area contributed by atoms with Gasteiger partial charge in [0.15, 0.2) is 5.96 Å². The summed E-state index contributed by atoms with van der Waals surface area (Å²) in [6.45, 7) is 13.4. The van der Waals surface area contributed by atoms with Gasteiger partial charge in [-0.15, -0.1) is 0 Å². The second kappa shape index (κ2) is 11.8. The molecule has 5 heteroatoms. The number of guanidine groups is 1. The standard InChI is InChI=1S/C17H34N4S/c1-5-18-17(19-10-6-7-13-22-4)20-16-8-11-21(12-9-16)14-15(2)3/h16H,2,5-14H2,1,3-4H3,(H2,18,19,20). The van der Waals surface area contributed by atoms with Crippen molar-refractivity contribution in [2.45, 2.75) is 45.6 Å². The third kappa shape index (κ3) is 8.69. The van der Waals surface area contributed by atoms with Crippen molar-refractivity contribution in [1.82, 2.24) is 15.5 Å². The summed E-state index contributed by atoms with van der Waals surface area (Å²) in [5, 5.41) is 6.98. The monoisotopic (exact) mass is 326 g/mol. The third-order valence-electron chi connectivity index (χ3n) is 3.79. The van der Waals surface area contributed by atoms with Crippen LogP contribution in [0.1, 0.15) is 39.5 Å². The van der Waals surface area contributed by atoms with Crippen molar-refractivity contribution >= 4 is 17.7 Å². The van der Waals surface area contributed by atoms with Crippen LogP contribution in [0.3, 0.4) is 0 Å². The van der Waals surface area contributed by atoms with Gasteiger partial charge in [0.1, 0.15) is 0 Å². The maximum atomic E-state index is 4.70. The van der Waals surface area contributed by atoms with Crippen molar-refractivity contribution in [2.24, 2.45) is 4.99 Å². The van der Waals surface area contributed by atoms with Crippen molar-refractivity contribution < 1.29 is 0 Å². The molecule has 22 heavy (non-hydrogen) atoms. The van der Waals surface area contributed by atoms with E-state index >= 15 is 0 Å². The van der Waals surface area contributed by atoms with Gasteiger partial charge in [-0.05, 0) is 51.5 Å². The van der Waals surface area contributed by atoms with Crippen LogP contribution in [0.25, 0.3) is 0 Å². The number of rotatable bonds is 9. The molecule has 1 saturated heterocycles. The Labute approximate surface area is 141 Å². The molecular weight excluding hydrogens is 292 g/mol. The molecule has 0 bridgehead atoms. The van der Waals surface area contributed by atoms with Crippen LogP contribution in [-0.4, -0.2) is 61.6 Å². The average Bonchev–Trinajstić information content (AvgIpc) is 2.48. The summed E-state index contributed by atoms with van der Waals surface area (Å²) in [6.07, 6.45) is 6.96. The number of thioether (sulfide) groups is 1. The van der Waals surface area contributed by atoms with E-state index in [9.17, 15) is 0 Å². The zero-order valence-corrected chi connectivity index (χ0v) is 15.5. The van der Waals surface area contributed by atoms with Crippen LogP contribution in [0, 0.1) is 0 Å². The molecule has 0 amide bonds. The third-order valence-corrected chi connectivity index (χ3v) is 4.49. The first kappa shape index (κ1) is 19.4. The van der Waals surface area contributed by atoms with E-state index in [2.05, 4.69) is 42.2 Å². The summed E-state index contributed by atoms with van der Waals surface area (Å²) in [6, 6.07) is 0.547. The number of aliphatic imine (C=N–C) groups is 1. The van der Waals surface area contributed by atoms with E-state index in [0.29, 0.717) is 6.04 Å². The summed E-state index contributed by atoms with van der Waals surface area (Å²) in [4.78, 5) is 7.20. The van der Waals surface area contributed by atoms with Crippen LogP contribution in [0.4, 0.5) is 0 Å². The predicted molar refractivity (Wildman–Crippen MR) is 101 cm³/mol. The first-order valence-electron chi connectivity index (χ1n) is 8.56. The largest absolute Gasteiger partial charge is 0.357 e. The van der Waals surface area contributed by atoms with E-state index in [0.717, 1.165) is 38.7 Å². The van der Waals surface area contributed by atoms with Crippen LogP contribution < -0.4 is 10.6 Å². The van der Waals surface area contributed by atoms with Gasteiger partial charge in [0.05, 0.1) is 0 Å². The fourth-order valence-electron chi connectivity index (χ4n) is 2.68. The summed E-state index contributed by atoms with van der Waals surface area (Å²) in [7, 11) is 0. The minimum atomic E-state index is 0.547. The second-order valence-corrected chi connectivity index (χ2v) is 7.10. The molecule has 1 fully saturated rings. The molecule has 2 N–H and O–H groups in total. The van der Waals surface area contributed by atoms with E-state index in [4.69, 9.17) is 4.99 Å². The minimum Gasteiger partial charge on any atom is -0.357 e. The Balaban J connectivity index is 2.31. The average molecular weight is 327 g/mol. The van der Waals surface area contributed by atoms with Gasteiger partial charge in [0.2, 0.25) is 0 Å². The highest BCUT2D eigenvalue weighted by molar-refractivity contribution is 7.98. The fourth-order valence-corrected chi connectivity index (χ4v) is 3.17. The smallest absolute Gasteiger partial charge is 0.191 e. The molecule has 1 aliphatic rings. The van der Waals surface area contributed by atoms with Gasteiger partial charge in [-0.25, -0.2) is 0 Å². The Morgan fingerprint density at radius 1 is 1.32 bits per heavy atom. The molecule has 128 valence electrons. The summed E-state index contributed by atoms with van der Waals surface area (Å²) < 4.78 is 0. The van der Waals surface area contributed by atoms with E-state index in [-0.39, 0.29) is 0 Å². The number of nitrogens with one attached hydrogen (secondary N) is 2. The molecule has 0 aromatic carbocycles. The van der Waals surface area contributed by atoms with Crippen molar-refractivity contribution in [3.8, 4) is 0 Å². The van der Waals surface area contributed by atoms with Gasteiger partial charge in [-0.2, -0.15) is 11.8 Å². The van der Waals surface area contributed by atoms with Gasteiger partial charge in [0, 0.05) is 38.8 Å². The van der Waals surface area contributed by atoms with Crippen molar-refractivity contribution in [3.63, 3.8) is 0 Å². The highest BCUT2D eigenvalue weighted by Crippen LogP contribution is 2.11. The van der Waals surface area contributed by atoms with E-state index in [1.807, 2.05) is 11.8 Å². The van der Waals surface area contributed by atoms with Gasteiger partial charge in [-0.1, -0.05) is 12.2 Å². The SMILES string of the molecule is C=C(C)CN1CCC(NC(=NCCCCSC)NCC)CC1. The van der Waals surface area contributed by atoms with Gasteiger partial charge in [0.25, 0.3) is 0 Å². The van der Waals surface area contributed by atoms with Crippen LogP contribution in [0.15, 0.2) is 17.1 Å². The quantitative estimate of drug-likeness (QED) is 0.296. The predicted octanol–water partition coefficient (Wildman–Crippen LogP) is 2.73. The van der Waals surface area contributed by atoms with E-state index < -0.39 is 0 Å². The molecular formula is C17H34N4S. The maximum Gasteiger partial charge on any atom is 0.191 e. The molecule has 0 saturated carbocycles. The first-order chi connectivity index (χ1) is 10.7. The molecule has 0 spiro atoms. The maximum absolute atomic E-state index is 4.70. The Hall–Kier alpha value is -0.680. The van der Waals surface area contributed by atoms with Crippen LogP contribution in [-0.2, 0) is 0 Å². The minimum absolute atomic E-state index is 0.547. The van der Waals surface area contributed by atoms with Crippen LogP contribution >= 0.6 is 11.8 Å². The Kier molecular flexibility index (Phi) is 10.4. The lowest BCUT2D eigenvalue weighted by atomic mass is 10.0. The second-order valence-electron chi connectivity index (χ2n) is 6.11. The molecule has 1 aliphatic heterocycles. The van der Waals surface area contributed by atoms with E-state index in [1.54, 1.807) is 0 Å². The number of unbranched alkanes of at least 4 members (excludes halogenated alkanes) is 1. The first-order valence-corrected chi connectivity index (χ1v) is 9.95. The van der Waals surface area contributed by atoms with Crippen LogP contribution in [0.5, 0.6) is 0 Å². The van der Waals surface area contributed by atoms with E-state index in [1.165, 1.54) is 37.0 Å². The number of piperidine rings is 1. The molecule has 0 aliphatic carbocycles. The van der Waals surface area contributed by atoms with Crippen molar-refractivity contribution in [3.05, 3.63) is 12.2 Å². The molecule has 0 aromatic heterocycles. The Bertz CT molecular complexity index is 336. The number of likely N-dealkylation sites (tertiary alicyclic amines) is 1. The molecule has 1 rings (SSSR count). The lowest BCUT2D eigenvalue weighted by Gasteiger charge is -2.33. The molecule has 0 unspecified atom stereocenters. The van der Waals surface area contributed by atoms with Crippen molar-refractivity contribution in [2.75, 3.05) is 44.7 Å².